The molecule has 1 aliphatic heterocycles. The summed E-state index contributed by atoms with van der Waals surface area (Å²) in [6.07, 6.45) is 4.34. The van der Waals surface area contributed by atoms with Crippen LogP contribution < -0.4 is 0 Å². The molecule has 0 unspecified atom stereocenters. The molecular weight excluding hydrogens is 206 g/mol. The van der Waals surface area contributed by atoms with Crippen LogP contribution in [0.1, 0.15) is 52.4 Å². The molecule has 16 heavy (non-hydrogen) atoms. The molecule has 0 aromatic carbocycles. The molecule has 1 amide bonds. The number of carboxylic acids is 1. The first kappa shape index (κ1) is 13.0. The Kier molecular flexibility index (Phi) is 4.33. The standard InChI is InChI=1S/C12H21NO3/c1-12(2,8-7-11(15)16)13-9-5-3-4-6-10(13)14/h3-9H2,1-2H3,(H,15,16). The van der Waals surface area contributed by atoms with Crippen molar-refractivity contribution in [1.82, 2.24) is 4.90 Å². The van der Waals surface area contributed by atoms with Gasteiger partial charge < -0.3 is 10.0 Å². The van der Waals surface area contributed by atoms with E-state index in [0.717, 1.165) is 25.8 Å². The third-order valence-corrected chi connectivity index (χ3v) is 3.25. The van der Waals surface area contributed by atoms with Crippen molar-refractivity contribution in [3.63, 3.8) is 0 Å². The molecule has 1 heterocycles. The van der Waals surface area contributed by atoms with Gasteiger partial charge in [0.2, 0.25) is 5.91 Å². The van der Waals surface area contributed by atoms with E-state index in [1.54, 1.807) is 0 Å². The Hall–Kier alpha value is -1.06. The molecule has 0 saturated carbocycles. The van der Waals surface area contributed by atoms with Gasteiger partial charge in [0.25, 0.3) is 0 Å². The van der Waals surface area contributed by atoms with Gasteiger partial charge in [0.15, 0.2) is 0 Å². The van der Waals surface area contributed by atoms with E-state index in [2.05, 4.69) is 0 Å². The van der Waals surface area contributed by atoms with Gasteiger partial charge in [-0.2, -0.15) is 0 Å². The highest BCUT2D eigenvalue weighted by Crippen LogP contribution is 2.25. The molecule has 1 saturated heterocycles. The molecule has 4 heteroatoms. The quantitative estimate of drug-likeness (QED) is 0.799. The molecule has 1 aliphatic rings. The molecule has 92 valence electrons. The Morgan fingerprint density at radius 1 is 1.38 bits per heavy atom. The predicted molar refractivity (Wildman–Crippen MR) is 61.1 cm³/mol. The van der Waals surface area contributed by atoms with E-state index in [-0.39, 0.29) is 17.9 Å². The molecule has 1 N–H and O–H groups in total. The molecule has 0 aliphatic carbocycles. The fourth-order valence-corrected chi connectivity index (χ4v) is 2.17. The third-order valence-electron chi connectivity index (χ3n) is 3.25. The van der Waals surface area contributed by atoms with Crippen LogP contribution in [0.2, 0.25) is 0 Å². The Balaban J connectivity index is 2.63. The lowest BCUT2D eigenvalue weighted by atomic mass is 9.95. The maximum Gasteiger partial charge on any atom is 0.303 e. The van der Waals surface area contributed by atoms with Crippen LogP contribution >= 0.6 is 0 Å². The van der Waals surface area contributed by atoms with E-state index in [0.29, 0.717) is 12.8 Å². The van der Waals surface area contributed by atoms with E-state index < -0.39 is 5.97 Å². The lowest BCUT2D eigenvalue weighted by Gasteiger charge is -2.38. The lowest BCUT2D eigenvalue weighted by molar-refractivity contribution is -0.141. The highest BCUT2D eigenvalue weighted by Gasteiger charge is 2.31. The maximum absolute atomic E-state index is 11.9. The molecule has 0 aromatic rings. The minimum absolute atomic E-state index is 0.122. The molecule has 0 aromatic heterocycles. The fourth-order valence-electron chi connectivity index (χ4n) is 2.17. The summed E-state index contributed by atoms with van der Waals surface area (Å²) in [4.78, 5) is 24.3. The average Bonchev–Trinajstić information content (AvgIpc) is 2.40. The topological polar surface area (TPSA) is 57.6 Å². The van der Waals surface area contributed by atoms with Crippen molar-refractivity contribution < 1.29 is 14.7 Å². The van der Waals surface area contributed by atoms with Crippen molar-refractivity contribution in [3.8, 4) is 0 Å². The van der Waals surface area contributed by atoms with E-state index in [1.165, 1.54) is 0 Å². The van der Waals surface area contributed by atoms with Crippen LogP contribution in [0, 0.1) is 0 Å². The monoisotopic (exact) mass is 227 g/mol. The van der Waals surface area contributed by atoms with Crippen LogP contribution in [0.25, 0.3) is 0 Å². The minimum Gasteiger partial charge on any atom is -0.481 e. The Morgan fingerprint density at radius 3 is 2.69 bits per heavy atom. The van der Waals surface area contributed by atoms with E-state index in [1.807, 2.05) is 18.7 Å². The van der Waals surface area contributed by atoms with Crippen LogP contribution in [0.15, 0.2) is 0 Å². The van der Waals surface area contributed by atoms with E-state index in [4.69, 9.17) is 5.11 Å². The number of likely N-dealkylation sites (tertiary alicyclic amines) is 1. The van der Waals surface area contributed by atoms with E-state index >= 15 is 0 Å². The fraction of sp³-hybridized carbons (Fsp3) is 0.833. The number of carbonyl (C=O) groups is 2. The van der Waals surface area contributed by atoms with Gasteiger partial charge in [-0.15, -0.1) is 0 Å². The van der Waals surface area contributed by atoms with Crippen molar-refractivity contribution >= 4 is 11.9 Å². The molecule has 0 spiro atoms. The number of carbonyl (C=O) groups excluding carboxylic acids is 1. The van der Waals surface area contributed by atoms with Gasteiger partial charge in [-0.05, 0) is 33.1 Å². The average molecular weight is 227 g/mol. The predicted octanol–water partition coefficient (Wildman–Crippen LogP) is 2.03. The summed E-state index contributed by atoms with van der Waals surface area (Å²) in [5.74, 6) is -0.622. The maximum atomic E-state index is 11.9. The Morgan fingerprint density at radius 2 is 2.06 bits per heavy atom. The number of hydrogen-bond acceptors (Lipinski definition) is 2. The first-order valence-corrected chi connectivity index (χ1v) is 5.96. The largest absolute Gasteiger partial charge is 0.481 e. The molecular formula is C12H21NO3. The molecule has 0 radical (unpaired) electrons. The van der Waals surface area contributed by atoms with Crippen LogP contribution in [0.3, 0.4) is 0 Å². The molecule has 1 fully saturated rings. The van der Waals surface area contributed by atoms with Crippen molar-refractivity contribution in [3.05, 3.63) is 0 Å². The van der Waals surface area contributed by atoms with Gasteiger partial charge in [0, 0.05) is 24.9 Å². The first-order valence-electron chi connectivity index (χ1n) is 5.96. The number of carboxylic acid groups (broad SMARTS) is 1. The van der Waals surface area contributed by atoms with E-state index in [9.17, 15) is 9.59 Å². The van der Waals surface area contributed by atoms with Crippen LogP contribution in [-0.4, -0.2) is 34.0 Å². The van der Waals surface area contributed by atoms with Gasteiger partial charge in [-0.25, -0.2) is 0 Å². The SMILES string of the molecule is CC(C)(CCC(=O)O)N1CCCCCC1=O. The zero-order chi connectivity index (χ0) is 12.2. The molecule has 4 nitrogen and oxygen atoms in total. The Labute approximate surface area is 96.6 Å². The number of amides is 1. The van der Waals surface area contributed by atoms with Gasteiger partial charge >= 0.3 is 5.97 Å². The smallest absolute Gasteiger partial charge is 0.303 e. The van der Waals surface area contributed by atoms with Crippen molar-refractivity contribution in [2.24, 2.45) is 0 Å². The summed E-state index contributed by atoms with van der Waals surface area (Å²) in [5.41, 5.74) is -0.334. The first-order chi connectivity index (χ1) is 7.43. The van der Waals surface area contributed by atoms with Gasteiger partial charge in [-0.3, -0.25) is 9.59 Å². The van der Waals surface area contributed by atoms with Gasteiger partial charge in [0.1, 0.15) is 0 Å². The number of nitrogens with zero attached hydrogens (tertiary/aromatic N) is 1. The van der Waals surface area contributed by atoms with Crippen molar-refractivity contribution in [2.75, 3.05) is 6.54 Å². The van der Waals surface area contributed by atoms with Crippen LogP contribution in [-0.2, 0) is 9.59 Å². The van der Waals surface area contributed by atoms with Gasteiger partial charge in [0.05, 0.1) is 0 Å². The normalized spacial score (nSPS) is 18.4. The summed E-state index contributed by atoms with van der Waals surface area (Å²) in [6.45, 7) is 4.68. The van der Waals surface area contributed by atoms with Gasteiger partial charge in [-0.1, -0.05) is 6.42 Å². The van der Waals surface area contributed by atoms with Crippen molar-refractivity contribution in [2.45, 2.75) is 57.9 Å². The number of aliphatic carboxylic acids is 1. The molecule has 1 rings (SSSR count). The third kappa shape index (κ3) is 3.51. The summed E-state index contributed by atoms with van der Waals surface area (Å²) >= 11 is 0. The second-order valence-corrected chi connectivity index (χ2v) is 5.06. The number of rotatable bonds is 4. The van der Waals surface area contributed by atoms with Crippen LogP contribution in [0.5, 0.6) is 0 Å². The molecule has 0 bridgehead atoms. The lowest BCUT2D eigenvalue weighted by Crippen LogP contribution is -2.47. The Bertz CT molecular complexity index is 273. The van der Waals surface area contributed by atoms with Crippen molar-refractivity contribution in [1.29, 1.82) is 0 Å². The molecule has 0 atom stereocenters. The second-order valence-electron chi connectivity index (χ2n) is 5.06. The summed E-state index contributed by atoms with van der Waals surface area (Å²) in [6, 6.07) is 0. The highest BCUT2D eigenvalue weighted by atomic mass is 16.4. The zero-order valence-electron chi connectivity index (χ0n) is 10.2. The minimum atomic E-state index is -0.796. The number of hydrogen-bond donors (Lipinski definition) is 1. The van der Waals surface area contributed by atoms with Crippen LogP contribution in [0.4, 0.5) is 0 Å². The summed E-state index contributed by atoms with van der Waals surface area (Å²) in [7, 11) is 0. The second kappa shape index (κ2) is 5.32. The zero-order valence-corrected chi connectivity index (χ0v) is 10.2. The highest BCUT2D eigenvalue weighted by molar-refractivity contribution is 5.77. The summed E-state index contributed by atoms with van der Waals surface area (Å²) < 4.78 is 0. The summed E-state index contributed by atoms with van der Waals surface area (Å²) in [5, 5.41) is 8.69.